The number of nitro benzene ring substituents is 1. The van der Waals surface area contributed by atoms with Gasteiger partial charge in [-0.1, -0.05) is 19.9 Å². The van der Waals surface area contributed by atoms with E-state index in [1.54, 1.807) is 23.9 Å². The Balaban J connectivity index is 2.68. The van der Waals surface area contributed by atoms with Gasteiger partial charge in [0, 0.05) is 11.8 Å². The zero-order valence-corrected chi connectivity index (χ0v) is 11.7. The Kier molecular flexibility index (Phi) is 5.28. The van der Waals surface area contributed by atoms with Gasteiger partial charge in [0.05, 0.1) is 9.40 Å². The molecule has 88 valence electrons. The smallest absolute Gasteiger partial charge is 0.258 e. The lowest BCUT2D eigenvalue weighted by Crippen LogP contribution is -1.94. The van der Waals surface area contributed by atoms with Crippen LogP contribution in [0.4, 0.5) is 5.69 Å². The SMILES string of the molecule is CC(C)CSCc1ccc(Br)c([N+](=O)[O-])c1. The van der Waals surface area contributed by atoms with Crippen LogP contribution >= 0.6 is 27.7 Å². The quantitative estimate of drug-likeness (QED) is 0.603. The highest BCUT2D eigenvalue weighted by Crippen LogP contribution is 2.27. The molecule has 0 unspecified atom stereocenters. The van der Waals surface area contributed by atoms with Gasteiger partial charge in [-0.05, 0) is 39.2 Å². The lowest BCUT2D eigenvalue weighted by molar-refractivity contribution is -0.385. The van der Waals surface area contributed by atoms with Gasteiger partial charge in [0.15, 0.2) is 0 Å². The largest absolute Gasteiger partial charge is 0.283 e. The molecule has 3 nitrogen and oxygen atoms in total. The maximum atomic E-state index is 10.7. The maximum Gasteiger partial charge on any atom is 0.283 e. The van der Waals surface area contributed by atoms with E-state index in [4.69, 9.17) is 0 Å². The summed E-state index contributed by atoms with van der Waals surface area (Å²) in [6.07, 6.45) is 0. The molecule has 1 aromatic rings. The molecule has 0 heterocycles. The molecule has 1 aromatic carbocycles. The minimum Gasteiger partial charge on any atom is -0.258 e. The highest BCUT2D eigenvalue weighted by Gasteiger charge is 2.12. The van der Waals surface area contributed by atoms with Crippen molar-refractivity contribution < 1.29 is 4.92 Å². The molecule has 0 N–H and O–H groups in total. The molecule has 0 aliphatic carbocycles. The molecule has 0 aliphatic heterocycles. The first-order valence-electron chi connectivity index (χ1n) is 5.01. The van der Waals surface area contributed by atoms with Gasteiger partial charge < -0.3 is 0 Å². The van der Waals surface area contributed by atoms with Crippen LogP contribution in [0.3, 0.4) is 0 Å². The van der Waals surface area contributed by atoms with Gasteiger partial charge in [-0.3, -0.25) is 10.1 Å². The number of hydrogen-bond donors (Lipinski definition) is 0. The Bertz CT molecular complexity index is 382. The van der Waals surface area contributed by atoms with Crippen molar-refractivity contribution in [2.45, 2.75) is 19.6 Å². The van der Waals surface area contributed by atoms with Crippen LogP contribution in [-0.4, -0.2) is 10.7 Å². The average Bonchev–Trinajstić information content (AvgIpc) is 2.19. The molecule has 0 bridgehead atoms. The van der Waals surface area contributed by atoms with Crippen molar-refractivity contribution in [2.24, 2.45) is 5.92 Å². The van der Waals surface area contributed by atoms with Crippen LogP contribution in [0.15, 0.2) is 22.7 Å². The lowest BCUT2D eigenvalue weighted by atomic mass is 10.2. The number of nitro groups is 1. The average molecular weight is 304 g/mol. The third kappa shape index (κ3) is 4.14. The van der Waals surface area contributed by atoms with E-state index in [2.05, 4.69) is 29.8 Å². The molecular weight excluding hydrogens is 290 g/mol. The summed E-state index contributed by atoms with van der Waals surface area (Å²) in [6.45, 7) is 4.33. The summed E-state index contributed by atoms with van der Waals surface area (Å²) in [5.41, 5.74) is 1.14. The summed E-state index contributed by atoms with van der Waals surface area (Å²) < 4.78 is 0.537. The summed E-state index contributed by atoms with van der Waals surface area (Å²) in [4.78, 5) is 10.4. The molecule has 0 atom stereocenters. The van der Waals surface area contributed by atoms with E-state index >= 15 is 0 Å². The molecule has 0 fully saturated rings. The Hall–Kier alpha value is -0.550. The molecule has 0 spiro atoms. The zero-order valence-electron chi connectivity index (χ0n) is 9.27. The molecule has 16 heavy (non-hydrogen) atoms. The fourth-order valence-corrected chi connectivity index (χ4v) is 2.60. The van der Waals surface area contributed by atoms with Crippen LogP contribution < -0.4 is 0 Å². The van der Waals surface area contributed by atoms with E-state index in [1.807, 2.05) is 6.07 Å². The van der Waals surface area contributed by atoms with Crippen molar-refractivity contribution >= 4 is 33.4 Å². The maximum absolute atomic E-state index is 10.7. The number of halogens is 1. The first-order valence-corrected chi connectivity index (χ1v) is 6.96. The first kappa shape index (κ1) is 13.5. The summed E-state index contributed by atoms with van der Waals surface area (Å²) >= 11 is 4.98. The van der Waals surface area contributed by atoms with Crippen molar-refractivity contribution in [3.8, 4) is 0 Å². The molecule has 0 aliphatic rings. The monoisotopic (exact) mass is 303 g/mol. The van der Waals surface area contributed by atoms with Crippen molar-refractivity contribution in [1.29, 1.82) is 0 Å². The van der Waals surface area contributed by atoms with Crippen LogP contribution in [0.25, 0.3) is 0 Å². The van der Waals surface area contributed by atoms with Gasteiger partial charge >= 0.3 is 0 Å². The Morgan fingerprint density at radius 3 is 2.75 bits per heavy atom. The molecule has 1 rings (SSSR count). The van der Waals surface area contributed by atoms with Gasteiger partial charge in [0.1, 0.15) is 0 Å². The van der Waals surface area contributed by atoms with E-state index in [-0.39, 0.29) is 10.6 Å². The minimum atomic E-state index is -0.360. The second-order valence-electron chi connectivity index (χ2n) is 3.95. The molecular formula is C11H14BrNO2S. The van der Waals surface area contributed by atoms with Crippen LogP contribution in [0.1, 0.15) is 19.4 Å². The number of rotatable bonds is 5. The van der Waals surface area contributed by atoms with Crippen molar-refractivity contribution in [1.82, 2.24) is 0 Å². The zero-order chi connectivity index (χ0) is 12.1. The van der Waals surface area contributed by atoms with Crippen molar-refractivity contribution in [3.63, 3.8) is 0 Å². The predicted molar refractivity (Wildman–Crippen MR) is 71.8 cm³/mol. The van der Waals surface area contributed by atoms with Crippen LogP contribution in [0.2, 0.25) is 0 Å². The number of hydrogen-bond acceptors (Lipinski definition) is 3. The topological polar surface area (TPSA) is 43.1 Å². The fraction of sp³-hybridized carbons (Fsp3) is 0.455. The Morgan fingerprint density at radius 2 is 2.19 bits per heavy atom. The highest BCUT2D eigenvalue weighted by molar-refractivity contribution is 9.10. The van der Waals surface area contributed by atoms with E-state index in [0.29, 0.717) is 10.4 Å². The Morgan fingerprint density at radius 1 is 1.50 bits per heavy atom. The van der Waals surface area contributed by atoms with E-state index in [0.717, 1.165) is 17.1 Å². The van der Waals surface area contributed by atoms with E-state index in [1.165, 1.54) is 0 Å². The van der Waals surface area contributed by atoms with Crippen molar-refractivity contribution in [2.75, 3.05) is 5.75 Å². The number of thioether (sulfide) groups is 1. The van der Waals surface area contributed by atoms with Gasteiger partial charge in [-0.25, -0.2) is 0 Å². The third-order valence-electron chi connectivity index (χ3n) is 1.93. The van der Waals surface area contributed by atoms with Crippen LogP contribution in [0.5, 0.6) is 0 Å². The Labute approximate surface area is 108 Å². The third-order valence-corrected chi connectivity index (χ3v) is 4.04. The molecule has 0 saturated heterocycles. The predicted octanol–water partition coefficient (Wildman–Crippen LogP) is 4.25. The molecule has 0 saturated carbocycles. The van der Waals surface area contributed by atoms with Crippen molar-refractivity contribution in [3.05, 3.63) is 38.3 Å². The lowest BCUT2D eigenvalue weighted by Gasteiger charge is -2.05. The second kappa shape index (κ2) is 6.25. The normalized spacial score (nSPS) is 10.8. The first-order chi connectivity index (χ1) is 7.50. The molecule has 0 amide bonds. The summed E-state index contributed by atoms with van der Waals surface area (Å²) in [5.74, 6) is 2.55. The van der Waals surface area contributed by atoms with Gasteiger partial charge in [0.25, 0.3) is 5.69 Å². The minimum absolute atomic E-state index is 0.141. The molecule has 5 heteroatoms. The number of benzene rings is 1. The van der Waals surface area contributed by atoms with Gasteiger partial charge in [0.2, 0.25) is 0 Å². The standard InChI is InChI=1S/C11H14BrNO2S/c1-8(2)6-16-7-9-3-4-10(12)11(5-9)13(14)15/h3-5,8H,6-7H2,1-2H3. The second-order valence-corrected chi connectivity index (χ2v) is 5.84. The summed E-state index contributed by atoms with van der Waals surface area (Å²) in [7, 11) is 0. The van der Waals surface area contributed by atoms with Crippen LogP contribution in [-0.2, 0) is 5.75 Å². The molecule has 0 radical (unpaired) electrons. The summed E-state index contributed by atoms with van der Waals surface area (Å²) in [6, 6.07) is 5.30. The van der Waals surface area contributed by atoms with E-state index in [9.17, 15) is 10.1 Å². The highest BCUT2D eigenvalue weighted by atomic mass is 79.9. The molecule has 0 aromatic heterocycles. The van der Waals surface area contributed by atoms with Gasteiger partial charge in [-0.15, -0.1) is 0 Å². The van der Waals surface area contributed by atoms with Crippen LogP contribution in [0, 0.1) is 16.0 Å². The summed E-state index contributed by atoms with van der Waals surface area (Å²) in [5, 5.41) is 10.7. The van der Waals surface area contributed by atoms with E-state index < -0.39 is 0 Å². The number of nitrogens with zero attached hydrogens (tertiary/aromatic N) is 1. The fourth-order valence-electron chi connectivity index (χ4n) is 1.20. The van der Waals surface area contributed by atoms with Gasteiger partial charge in [-0.2, -0.15) is 11.8 Å².